The lowest BCUT2D eigenvalue weighted by atomic mass is 9.99. The predicted molar refractivity (Wildman–Crippen MR) is 118 cm³/mol. The van der Waals surface area contributed by atoms with Gasteiger partial charge in [-0.15, -0.1) is 0 Å². The normalized spacial score (nSPS) is 11.7. The van der Waals surface area contributed by atoms with Crippen molar-refractivity contribution in [1.82, 2.24) is 15.3 Å². The highest BCUT2D eigenvalue weighted by atomic mass is 19.1. The van der Waals surface area contributed by atoms with Crippen LogP contribution in [0.25, 0.3) is 10.8 Å². The van der Waals surface area contributed by atoms with E-state index in [1.807, 2.05) is 12.1 Å². The van der Waals surface area contributed by atoms with Gasteiger partial charge >= 0.3 is 0 Å². The smallest absolute Gasteiger partial charge is 0.213 e. The zero-order valence-corrected chi connectivity index (χ0v) is 16.8. The number of aromatic nitrogens is 2. The summed E-state index contributed by atoms with van der Waals surface area (Å²) in [5, 5.41) is 6.08. The van der Waals surface area contributed by atoms with Gasteiger partial charge in [-0.2, -0.15) is 4.39 Å². The molecule has 149 valence electrons. The number of ether oxygens (including phenoxy) is 1. The topological polar surface area (TPSA) is 47.0 Å². The molecule has 0 aliphatic heterocycles. The molecule has 0 amide bonds. The molecular formula is C24H22BFN3O. The van der Waals surface area contributed by atoms with Gasteiger partial charge in [0, 0.05) is 45.0 Å². The van der Waals surface area contributed by atoms with Gasteiger partial charge in [-0.05, 0) is 41.0 Å². The summed E-state index contributed by atoms with van der Waals surface area (Å²) in [4.78, 5) is 7.97. The minimum absolute atomic E-state index is 0. The van der Waals surface area contributed by atoms with E-state index in [1.54, 1.807) is 12.3 Å². The standard InChI is InChI=1S/C24H22FN3O.B/c1-17(21-8-4-6-20-5-2-3-7-22(20)21)26-13-18-10-12-24(28-14-18)29-16-19-9-11-23(25)27-15-19;/h2-12,14-15,17,26H,13,16H2,1H3;/t17-;/m1./s1. The van der Waals surface area contributed by atoms with Crippen molar-refractivity contribution in [2.24, 2.45) is 0 Å². The molecule has 0 unspecified atom stereocenters. The third kappa shape index (κ3) is 5.22. The van der Waals surface area contributed by atoms with Crippen LogP contribution in [-0.4, -0.2) is 18.4 Å². The summed E-state index contributed by atoms with van der Waals surface area (Å²) in [6.07, 6.45) is 3.27. The average Bonchev–Trinajstić information content (AvgIpc) is 2.77. The summed E-state index contributed by atoms with van der Waals surface area (Å²) in [5.41, 5.74) is 3.15. The molecule has 1 atom stereocenters. The van der Waals surface area contributed by atoms with E-state index in [0.717, 1.165) is 11.1 Å². The van der Waals surface area contributed by atoms with E-state index in [-0.39, 0.29) is 14.5 Å². The van der Waals surface area contributed by atoms with Crippen molar-refractivity contribution < 1.29 is 9.13 Å². The fraction of sp³-hybridized carbons (Fsp3) is 0.167. The Balaban J connectivity index is 0.00000256. The Labute approximate surface area is 177 Å². The van der Waals surface area contributed by atoms with Gasteiger partial charge in [0.05, 0.1) is 0 Å². The first-order valence-corrected chi connectivity index (χ1v) is 9.58. The van der Waals surface area contributed by atoms with Crippen LogP contribution in [0.2, 0.25) is 0 Å². The second kappa shape index (κ2) is 9.99. The zero-order chi connectivity index (χ0) is 20.1. The average molecular weight is 398 g/mol. The maximum absolute atomic E-state index is 12.8. The van der Waals surface area contributed by atoms with Crippen LogP contribution in [0.4, 0.5) is 4.39 Å². The minimum atomic E-state index is -0.499. The Morgan fingerprint density at radius 2 is 1.67 bits per heavy atom. The van der Waals surface area contributed by atoms with Crippen LogP contribution >= 0.6 is 0 Å². The van der Waals surface area contributed by atoms with Gasteiger partial charge in [-0.3, -0.25) is 0 Å². The molecule has 0 bridgehead atoms. The van der Waals surface area contributed by atoms with Crippen molar-refractivity contribution in [2.45, 2.75) is 26.1 Å². The van der Waals surface area contributed by atoms with E-state index >= 15 is 0 Å². The molecule has 6 heteroatoms. The van der Waals surface area contributed by atoms with Crippen LogP contribution in [0.5, 0.6) is 5.88 Å². The lowest BCUT2D eigenvalue weighted by molar-refractivity contribution is 0.293. The van der Waals surface area contributed by atoms with Gasteiger partial charge in [0.15, 0.2) is 0 Å². The van der Waals surface area contributed by atoms with Crippen LogP contribution < -0.4 is 10.1 Å². The molecule has 1 N–H and O–H groups in total. The number of benzene rings is 2. The van der Waals surface area contributed by atoms with Gasteiger partial charge < -0.3 is 10.1 Å². The quantitative estimate of drug-likeness (QED) is 0.358. The number of nitrogens with one attached hydrogen (secondary N) is 1. The molecule has 3 radical (unpaired) electrons. The summed E-state index contributed by atoms with van der Waals surface area (Å²) < 4.78 is 18.5. The third-order valence-corrected chi connectivity index (χ3v) is 4.88. The number of halogens is 1. The Morgan fingerprint density at radius 1 is 0.900 bits per heavy atom. The van der Waals surface area contributed by atoms with Crippen LogP contribution in [0.3, 0.4) is 0 Å². The predicted octanol–water partition coefficient (Wildman–Crippen LogP) is 4.82. The first-order valence-electron chi connectivity index (χ1n) is 9.58. The Hall–Kier alpha value is -3.25. The first-order chi connectivity index (χ1) is 14.2. The number of pyridine rings is 2. The number of fused-ring (bicyclic) bond motifs is 1. The molecule has 30 heavy (non-hydrogen) atoms. The fourth-order valence-corrected chi connectivity index (χ4v) is 3.26. The van der Waals surface area contributed by atoms with Gasteiger partial charge in [-0.1, -0.05) is 48.5 Å². The fourth-order valence-electron chi connectivity index (χ4n) is 3.26. The molecule has 0 spiro atoms. The maximum Gasteiger partial charge on any atom is 0.213 e. The highest BCUT2D eigenvalue weighted by Crippen LogP contribution is 2.24. The van der Waals surface area contributed by atoms with Crippen molar-refractivity contribution in [3.63, 3.8) is 0 Å². The second-order valence-electron chi connectivity index (χ2n) is 6.95. The number of nitrogens with zero attached hydrogens (tertiary/aromatic N) is 2. The molecule has 4 aromatic rings. The largest absolute Gasteiger partial charge is 0.473 e. The zero-order valence-electron chi connectivity index (χ0n) is 16.8. The van der Waals surface area contributed by atoms with Gasteiger partial charge in [0.1, 0.15) is 6.61 Å². The second-order valence-corrected chi connectivity index (χ2v) is 6.95. The van der Waals surface area contributed by atoms with Crippen molar-refractivity contribution in [2.75, 3.05) is 0 Å². The van der Waals surface area contributed by atoms with Crippen molar-refractivity contribution in [3.05, 3.63) is 102 Å². The molecule has 0 aliphatic rings. The lowest BCUT2D eigenvalue weighted by Gasteiger charge is -2.17. The molecule has 0 aliphatic carbocycles. The summed E-state index contributed by atoms with van der Waals surface area (Å²) in [6.45, 7) is 3.18. The van der Waals surface area contributed by atoms with E-state index in [4.69, 9.17) is 4.74 Å². The molecule has 0 saturated carbocycles. The minimum Gasteiger partial charge on any atom is -0.473 e. The first kappa shape index (κ1) is 21.5. The van der Waals surface area contributed by atoms with Crippen molar-refractivity contribution >= 4 is 19.2 Å². The highest BCUT2D eigenvalue weighted by Gasteiger charge is 2.09. The summed E-state index contributed by atoms with van der Waals surface area (Å²) in [7, 11) is 0. The number of hydrogen-bond donors (Lipinski definition) is 1. The molecule has 4 nitrogen and oxygen atoms in total. The van der Waals surface area contributed by atoms with Crippen molar-refractivity contribution in [3.8, 4) is 5.88 Å². The molecule has 2 aromatic heterocycles. The molecule has 2 heterocycles. The molecule has 0 saturated heterocycles. The number of rotatable bonds is 7. The summed E-state index contributed by atoms with van der Waals surface area (Å²) in [5.74, 6) is 0.0293. The van der Waals surface area contributed by atoms with E-state index in [1.165, 1.54) is 28.6 Å². The monoisotopic (exact) mass is 398 g/mol. The van der Waals surface area contributed by atoms with Gasteiger partial charge in [-0.25, -0.2) is 9.97 Å². The SMILES string of the molecule is C[C@@H](NCc1ccc(OCc2ccc(F)nc2)nc1)c1cccc2ccccc12.[B]. The summed E-state index contributed by atoms with van der Waals surface area (Å²) in [6, 6.07) is 21.8. The highest BCUT2D eigenvalue weighted by molar-refractivity contribution is 5.86. The molecule has 0 fully saturated rings. The lowest BCUT2D eigenvalue weighted by Crippen LogP contribution is -2.18. The molecule has 4 rings (SSSR count). The van der Waals surface area contributed by atoms with Gasteiger partial charge in [0.2, 0.25) is 11.8 Å². The van der Waals surface area contributed by atoms with E-state index in [2.05, 4.69) is 64.7 Å². The Morgan fingerprint density at radius 3 is 2.43 bits per heavy atom. The molecule has 2 aromatic carbocycles. The third-order valence-electron chi connectivity index (χ3n) is 4.88. The van der Waals surface area contributed by atoms with Crippen molar-refractivity contribution in [1.29, 1.82) is 0 Å². The van der Waals surface area contributed by atoms with E-state index in [9.17, 15) is 4.39 Å². The van der Waals surface area contributed by atoms with Crippen LogP contribution in [0.15, 0.2) is 79.1 Å². The number of hydrogen-bond acceptors (Lipinski definition) is 4. The van der Waals surface area contributed by atoms with E-state index in [0.29, 0.717) is 19.0 Å². The van der Waals surface area contributed by atoms with Crippen LogP contribution in [-0.2, 0) is 13.2 Å². The van der Waals surface area contributed by atoms with Crippen LogP contribution in [0.1, 0.15) is 29.7 Å². The summed E-state index contributed by atoms with van der Waals surface area (Å²) >= 11 is 0. The van der Waals surface area contributed by atoms with Gasteiger partial charge in [0.25, 0.3) is 0 Å². The molecular weight excluding hydrogens is 376 g/mol. The maximum atomic E-state index is 12.8. The Kier molecular flexibility index (Phi) is 7.14. The Bertz CT molecular complexity index is 1080. The van der Waals surface area contributed by atoms with E-state index < -0.39 is 5.95 Å². The van der Waals surface area contributed by atoms with Crippen LogP contribution in [0, 0.1) is 5.95 Å².